The Labute approximate surface area is 116 Å². The van der Waals surface area contributed by atoms with Gasteiger partial charge >= 0.3 is 5.97 Å². The average molecular weight is 289 g/mol. The van der Waals surface area contributed by atoms with E-state index in [1.807, 2.05) is 6.07 Å². The Morgan fingerprint density at radius 1 is 1.61 bits per heavy atom. The zero-order valence-corrected chi connectivity index (χ0v) is 11.8. The van der Waals surface area contributed by atoms with E-state index in [4.69, 9.17) is 22.1 Å². The van der Waals surface area contributed by atoms with Crippen molar-refractivity contribution in [2.45, 2.75) is 25.1 Å². The number of nitrogens with zero attached hydrogens (tertiary/aromatic N) is 1. The van der Waals surface area contributed by atoms with Crippen LogP contribution in [0, 0.1) is 0 Å². The van der Waals surface area contributed by atoms with Gasteiger partial charge in [-0.1, -0.05) is 17.7 Å². The monoisotopic (exact) mass is 288 g/mol. The van der Waals surface area contributed by atoms with E-state index in [9.17, 15) is 4.79 Å². The highest BCUT2D eigenvalue weighted by atomic mass is 35.5. The van der Waals surface area contributed by atoms with Crippen LogP contribution in [0.3, 0.4) is 0 Å². The summed E-state index contributed by atoms with van der Waals surface area (Å²) in [6, 6.07) is 3.18. The third-order valence-corrected chi connectivity index (χ3v) is 3.51. The lowest BCUT2D eigenvalue weighted by Gasteiger charge is -2.09. The molecule has 1 aromatic heterocycles. The minimum absolute atomic E-state index is 0.328. The van der Waals surface area contributed by atoms with Gasteiger partial charge in [0, 0.05) is 11.9 Å². The van der Waals surface area contributed by atoms with E-state index in [1.54, 1.807) is 30.9 Å². The summed E-state index contributed by atoms with van der Waals surface area (Å²) in [5.74, 6) is 1.31. The topological polar surface area (TPSA) is 65.2 Å². The van der Waals surface area contributed by atoms with Gasteiger partial charge in [-0.15, -0.1) is 0 Å². The second-order valence-electron chi connectivity index (χ2n) is 3.69. The second kappa shape index (κ2) is 8.34. The quantitative estimate of drug-likeness (QED) is 0.473. The summed E-state index contributed by atoms with van der Waals surface area (Å²) >= 11 is 7.40. The summed E-state index contributed by atoms with van der Waals surface area (Å²) in [7, 11) is 0. The molecule has 1 atom stereocenters. The van der Waals surface area contributed by atoms with Crippen molar-refractivity contribution in [1.29, 1.82) is 0 Å². The molecule has 0 saturated carbocycles. The van der Waals surface area contributed by atoms with E-state index in [1.165, 1.54) is 0 Å². The zero-order chi connectivity index (χ0) is 13.4. The molecule has 6 heteroatoms. The van der Waals surface area contributed by atoms with Crippen LogP contribution in [0.4, 0.5) is 0 Å². The summed E-state index contributed by atoms with van der Waals surface area (Å²) in [6.45, 7) is 2.14. The second-order valence-corrected chi connectivity index (χ2v) is 5.18. The number of hydrogen-bond donors (Lipinski definition) is 1. The first-order valence-corrected chi connectivity index (χ1v) is 7.27. The molecule has 1 aromatic rings. The van der Waals surface area contributed by atoms with Gasteiger partial charge in [-0.3, -0.25) is 4.79 Å². The van der Waals surface area contributed by atoms with E-state index in [0.717, 1.165) is 17.1 Å². The van der Waals surface area contributed by atoms with Crippen molar-refractivity contribution < 1.29 is 9.53 Å². The Morgan fingerprint density at radius 3 is 3.00 bits per heavy atom. The molecule has 2 N–H and O–H groups in total. The fraction of sp³-hybridized carbons (Fsp3) is 0.500. The standard InChI is InChI=1S/C12H17ClN2O2S/c1-2-17-12(16)10(14)5-6-18-8-9-3-4-11(13)15-7-9/h3-4,7,10H,2,5-6,8,14H2,1H3. The van der Waals surface area contributed by atoms with E-state index in [2.05, 4.69) is 4.98 Å². The Morgan fingerprint density at radius 2 is 2.39 bits per heavy atom. The lowest BCUT2D eigenvalue weighted by atomic mass is 10.2. The number of aromatic nitrogens is 1. The number of rotatable bonds is 7. The molecule has 18 heavy (non-hydrogen) atoms. The van der Waals surface area contributed by atoms with Crippen molar-refractivity contribution in [3.63, 3.8) is 0 Å². The number of carbonyl (C=O) groups excluding carboxylic acids is 1. The highest BCUT2D eigenvalue weighted by Crippen LogP contribution is 2.14. The van der Waals surface area contributed by atoms with E-state index in [0.29, 0.717) is 18.2 Å². The van der Waals surface area contributed by atoms with Gasteiger partial charge in [-0.25, -0.2) is 4.98 Å². The minimum atomic E-state index is -0.527. The average Bonchev–Trinajstić information content (AvgIpc) is 2.36. The van der Waals surface area contributed by atoms with Crippen LogP contribution in [0.1, 0.15) is 18.9 Å². The molecule has 1 heterocycles. The van der Waals surface area contributed by atoms with Crippen LogP contribution >= 0.6 is 23.4 Å². The molecule has 1 rings (SSSR count). The summed E-state index contributed by atoms with van der Waals surface area (Å²) < 4.78 is 4.83. The molecule has 0 spiro atoms. The maximum absolute atomic E-state index is 11.3. The number of halogens is 1. The van der Waals surface area contributed by atoms with Gasteiger partial charge in [0.1, 0.15) is 11.2 Å². The van der Waals surface area contributed by atoms with Crippen LogP contribution in [0.2, 0.25) is 5.15 Å². The van der Waals surface area contributed by atoms with Crippen molar-refractivity contribution in [1.82, 2.24) is 4.98 Å². The number of ether oxygens (including phenoxy) is 1. The van der Waals surface area contributed by atoms with Crippen LogP contribution in [0.5, 0.6) is 0 Å². The molecule has 0 aliphatic carbocycles. The van der Waals surface area contributed by atoms with Crippen molar-refractivity contribution in [3.8, 4) is 0 Å². The molecule has 0 aliphatic rings. The predicted molar refractivity (Wildman–Crippen MR) is 74.6 cm³/mol. The van der Waals surface area contributed by atoms with Crippen LogP contribution in [0.25, 0.3) is 0 Å². The number of esters is 1. The first-order chi connectivity index (χ1) is 8.63. The Kier molecular flexibility index (Phi) is 7.08. The van der Waals surface area contributed by atoms with E-state index >= 15 is 0 Å². The summed E-state index contributed by atoms with van der Waals surface area (Å²) in [6.07, 6.45) is 2.37. The van der Waals surface area contributed by atoms with E-state index in [-0.39, 0.29) is 5.97 Å². The fourth-order valence-corrected chi connectivity index (χ4v) is 2.34. The van der Waals surface area contributed by atoms with Crippen molar-refractivity contribution in [2.24, 2.45) is 5.73 Å². The summed E-state index contributed by atoms with van der Waals surface area (Å²) in [5, 5.41) is 0.494. The van der Waals surface area contributed by atoms with Crippen LogP contribution in [-0.4, -0.2) is 29.4 Å². The number of carbonyl (C=O) groups is 1. The molecular weight excluding hydrogens is 272 g/mol. The Balaban J connectivity index is 2.18. The third-order valence-electron chi connectivity index (χ3n) is 2.22. The number of thioether (sulfide) groups is 1. The molecule has 0 aromatic carbocycles. The number of pyridine rings is 1. The normalized spacial score (nSPS) is 12.2. The molecule has 0 aliphatic heterocycles. The highest BCUT2D eigenvalue weighted by Gasteiger charge is 2.13. The lowest BCUT2D eigenvalue weighted by molar-refractivity contribution is -0.144. The molecule has 0 saturated heterocycles. The van der Waals surface area contributed by atoms with Crippen LogP contribution in [0.15, 0.2) is 18.3 Å². The Hall–Kier alpha value is -0.780. The summed E-state index contributed by atoms with van der Waals surface area (Å²) in [5.41, 5.74) is 6.79. The number of hydrogen-bond acceptors (Lipinski definition) is 5. The van der Waals surface area contributed by atoms with Crippen LogP contribution in [-0.2, 0) is 15.3 Å². The molecule has 4 nitrogen and oxygen atoms in total. The van der Waals surface area contributed by atoms with Gasteiger partial charge in [0.15, 0.2) is 0 Å². The molecule has 0 radical (unpaired) electrons. The molecule has 0 amide bonds. The highest BCUT2D eigenvalue weighted by molar-refractivity contribution is 7.98. The SMILES string of the molecule is CCOC(=O)C(N)CCSCc1ccc(Cl)nc1. The summed E-state index contributed by atoms with van der Waals surface area (Å²) in [4.78, 5) is 15.3. The predicted octanol–water partition coefficient (Wildman–Crippen LogP) is 2.25. The van der Waals surface area contributed by atoms with Gasteiger partial charge in [-0.05, 0) is 30.7 Å². The molecular formula is C12H17ClN2O2S. The van der Waals surface area contributed by atoms with Gasteiger partial charge < -0.3 is 10.5 Å². The van der Waals surface area contributed by atoms with Gasteiger partial charge in [0.05, 0.1) is 6.61 Å². The lowest BCUT2D eigenvalue weighted by Crippen LogP contribution is -2.32. The fourth-order valence-electron chi connectivity index (χ4n) is 1.26. The van der Waals surface area contributed by atoms with Crippen molar-refractivity contribution in [3.05, 3.63) is 29.0 Å². The largest absolute Gasteiger partial charge is 0.465 e. The smallest absolute Gasteiger partial charge is 0.322 e. The van der Waals surface area contributed by atoms with Crippen LogP contribution < -0.4 is 5.73 Å². The van der Waals surface area contributed by atoms with Gasteiger partial charge in [0.2, 0.25) is 0 Å². The molecule has 0 fully saturated rings. The maximum Gasteiger partial charge on any atom is 0.322 e. The Bertz CT molecular complexity index is 373. The van der Waals surface area contributed by atoms with E-state index < -0.39 is 6.04 Å². The number of nitrogens with two attached hydrogens (primary N) is 1. The third kappa shape index (κ3) is 5.71. The minimum Gasteiger partial charge on any atom is -0.465 e. The zero-order valence-electron chi connectivity index (χ0n) is 10.3. The molecule has 1 unspecified atom stereocenters. The van der Waals surface area contributed by atoms with Gasteiger partial charge in [0.25, 0.3) is 0 Å². The first kappa shape index (κ1) is 15.3. The van der Waals surface area contributed by atoms with Crippen molar-refractivity contribution >= 4 is 29.3 Å². The molecule has 100 valence electrons. The van der Waals surface area contributed by atoms with Crippen molar-refractivity contribution in [2.75, 3.05) is 12.4 Å². The first-order valence-electron chi connectivity index (χ1n) is 5.74. The van der Waals surface area contributed by atoms with Gasteiger partial charge in [-0.2, -0.15) is 11.8 Å². The maximum atomic E-state index is 11.3. The molecule has 0 bridgehead atoms.